The Kier molecular flexibility index (Phi) is 5.94. The average Bonchev–Trinajstić information content (AvgIpc) is 2.56. The van der Waals surface area contributed by atoms with Gasteiger partial charge in [0.25, 0.3) is 0 Å². The summed E-state index contributed by atoms with van der Waals surface area (Å²) in [6.07, 6.45) is 0. The molecular formula is C19H19N3O2S. The monoisotopic (exact) mass is 353 g/mol. The van der Waals surface area contributed by atoms with Crippen LogP contribution in [0.4, 0.5) is 5.69 Å². The van der Waals surface area contributed by atoms with E-state index >= 15 is 0 Å². The number of amides is 1. The Morgan fingerprint density at radius 2 is 1.88 bits per heavy atom. The molecule has 2 rings (SSSR count). The highest BCUT2D eigenvalue weighted by atomic mass is 32.2. The molecule has 1 aromatic heterocycles. The molecule has 1 amide bonds. The summed E-state index contributed by atoms with van der Waals surface area (Å²) in [7, 11) is 0. The van der Waals surface area contributed by atoms with Gasteiger partial charge in [0.15, 0.2) is 5.78 Å². The van der Waals surface area contributed by atoms with Crippen molar-refractivity contribution in [1.29, 1.82) is 5.26 Å². The standard InChI is InChI=1S/C19H19N3O2S/c1-11-6-5-7-12(2)18(11)22-17(24)10-25-19-15(9-20)8-16(14(4)23)13(3)21-19/h5-8H,10H2,1-4H3,(H,22,24). The van der Waals surface area contributed by atoms with E-state index in [-0.39, 0.29) is 17.4 Å². The van der Waals surface area contributed by atoms with E-state index in [2.05, 4.69) is 10.3 Å². The molecule has 0 radical (unpaired) electrons. The van der Waals surface area contributed by atoms with E-state index in [0.29, 0.717) is 21.8 Å². The van der Waals surface area contributed by atoms with Crippen molar-refractivity contribution in [2.75, 3.05) is 11.1 Å². The van der Waals surface area contributed by atoms with Crippen LogP contribution >= 0.6 is 11.8 Å². The molecular weight excluding hydrogens is 334 g/mol. The van der Waals surface area contributed by atoms with Crippen molar-refractivity contribution in [1.82, 2.24) is 4.98 Å². The number of Topliss-reactive ketones (excluding diaryl/α,β-unsaturated/α-hetero) is 1. The van der Waals surface area contributed by atoms with Crippen LogP contribution in [0, 0.1) is 32.1 Å². The fourth-order valence-corrected chi connectivity index (χ4v) is 3.25. The Bertz CT molecular complexity index is 865. The van der Waals surface area contributed by atoms with Gasteiger partial charge in [-0.1, -0.05) is 30.0 Å². The van der Waals surface area contributed by atoms with Crippen molar-refractivity contribution in [2.45, 2.75) is 32.7 Å². The molecule has 5 nitrogen and oxygen atoms in total. The zero-order valence-corrected chi connectivity index (χ0v) is 15.5. The van der Waals surface area contributed by atoms with Crippen molar-refractivity contribution in [3.63, 3.8) is 0 Å². The maximum Gasteiger partial charge on any atom is 0.234 e. The largest absolute Gasteiger partial charge is 0.325 e. The minimum atomic E-state index is -0.165. The van der Waals surface area contributed by atoms with E-state index in [9.17, 15) is 14.9 Å². The smallest absolute Gasteiger partial charge is 0.234 e. The van der Waals surface area contributed by atoms with Crippen LogP contribution in [0.2, 0.25) is 0 Å². The van der Waals surface area contributed by atoms with E-state index in [1.807, 2.05) is 38.1 Å². The Hall–Kier alpha value is -2.65. The second-order valence-electron chi connectivity index (χ2n) is 5.75. The van der Waals surface area contributed by atoms with Gasteiger partial charge in [-0.05, 0) is 44.9 Å². The number of ketones is 1. The lowest BCUT2D eigenvalue weighted by Crippen LogP contribution is -2.16. The van der Waals surface area contributed by atoms with Crippen molar-refractivity contribution in [3.8, 4) is 6.07 Å². The maximum atomic E-state index is 12.3. The maximum absolute atomic E-state index is 12.3. The summed E-state index contributed by atoms with van der Waals surface area (Å²) >= 11 is 1.19. The van der Waals surface area contributed by atoms with Gasteiger partial charge in [-0.3, -0.25) is 9.59 Å². The van der Waals surface area contributed by atoms with Gasteiger partial charge in [-0.2, -0.15) is 5.26 Å². The molecule has 25 heavy (non-hydrogen) atoms. The molecule has 0 saturated carbocycles. The van der Waals surface area contributed by atoms with Crippen molar-refractivity contribution in [2.24, 2.45) is 0 Å². The van der Waals surface area contributed by atoms with Gasteiger partial charge >= 0.3 is 0 Å². The summed E-state index contributed by atoms with van der Waals surface area (Å²) in [4.78, 5) is 28.1. The third kappa shape index (κ3) is 4.46. The van der Waals surface area contributed by atoms with Crippen LogP contribution in [-0.2, 0) is 4.79 Å². The first-order chi connectivity index (χ1) is 11.8. The Balaban J connectivity index is 2.13. The molecule has 0 aliphatic heterocycles. The molecule has 0 saturated heterocycles. The summed E-state index contributed by atoms with van der Waals surface area (Å²) in [5.74, 6) is -0.166. The normalized spacial score (nSPS) is 10.2. The van der Waals surface area contributed by atoms with Crippen LogP contribution in [-0.4, -0.2) is 22.4 Å². The number of nitrogens with zero attached hydrogens (tertiary/aromatic N) is 2. The van der Waals surface area contributed by atoms with E-state index in [1.165, 1.54) is 24.8 Å². The first-order valence-corrected chi connectivity index (χ1v) is 8.73. The number of aromatic nitrogens is 1. The van der Waals surface area contributed by atoms with Gasteiger partial charge in [0, 0.05) is 16.9 Å². The minimum absolute atomic E-state index is 0.133. The Morgan fingerprint density at radius 1 is 1.24 bits per heavy atom. The van der Waals surface area contributed by atoms with Crippen molar-refractivity contribution < 1.29 is 9.59 Å². The second kappa shape index (κ2) is 7.95. The summed E-state index contributed by atoms with van der Waals surface area (Å²) in [6.45, 7) is 7.04. The van der Waals surface area contributed by atoms with Crippen LogP contribution < -0.4 is 5.32 Å². The van der Waals surface area contributed by atoms with Gasteiger partial charge in [0.05, 0.1) is 11.3 Å². The number of pyridine rings is 1. The molecule has 0 unspecified atom stereocenters. The number of carbonyl (C=O) groups is 2. The minimum Gasteiger partial charge on any atom is -0.325 e. The highest BCUT2D eigenvalue weighted by molar-refractivity contribution is 8.00. The average molecular weight is 353 g/mol. The van der Waals surface area contributed by atoms with Crippen molar-refractivity contribution in [3.05, 3.63) is 52.2 Å². The van der Waals surface area contributed by atoms with Gasteiger partial charge in [0.1, 0.15) is 11.1 Å². The number of carbonyl (C=O) groups excluding carboxylic acids is 2. The third-order valence-corrected chi connectivity index (χ3v) is 4.75. The van der Waals surface area contributed by atoms with E-state index in [1.54, 1.807) is 6.92 Å². The Morgan fingerprint density at radius 3 is 2.44 bits per heavy atom. The summed E-state index contributed by atoms with van der Waals surface area (Å²) in [5, 5.41) is 12.6. The first-order valence-electron chi connectivity index (χ1n) is 7.75. The number of hydrogen-bond donors (Lipinski definition) is 1. The molecule has 0 aliphatic rings. The molecule has 6 heteroatoms. The van der Waals surface area contributed by atoms with E-state index < -0.39 is 0 Å². The summed E-state index contributed by atoms with van der Waals surface area (Å²) in [5.41, 5.74) is 4.10. The second-order valence-corrected chi connectivity index (χ2v) is 6.71. The lowest BCUT2D eigenvalue weighted by atomic mass is 10.1. The molecule has 0 atom stereocenters. The topological polar surface area (TPSA) is 82.8 Å². The molecule has 1 aromatic carbocycles. The van der Waals surface area contributed by atoms with Crippen molar-refractivity contribution >= 4 is 29.1 Å². The highest BCUT2D eigenvalue weighted by Crippen LogP contribution is 2.24. The molecule has 0 aliphatic carbocycles. The predicted molar refractivity (Wildman–Crippen MR) is 99.0 cm³/mol. The third-order valence-electron chi connectivity index (χ3n) is 3.76. The van der Waals surface area contributed by atoms with Crippen LogP contribution in [0.25, 0.3) is 0 Å². The Labute approximate surface area is 151 Å². The quantitative estimate of drug-likeness (QED) is 0.653. The SMILES string of the molecule is CC(=O)c1cc(C#N)c(SCC(=O)Nc2c(C)cccc2C)nc1C. The van der Waals surface area contributed by atoms with Crippen LogP contribution in [0.15, 0.2) is 29.3 Å². The number of rotatable bonds is 5. The number of para-hydroxylation sites is 1. The fraction of sp³-hybridized carbons (Fsp3) is 0.263. The number of thioether (sulfide) groups is 1. The highest BCUT2D eigenvalue weighted by Gasteiger charge is 2.14. The van der Waals surface area contributed by atoms with Crippen LogP contribution in [0.5, 0.6) is 0 Å². The molecule has 128 valence electrons. The molecule has 1 N–H and O–H groups in total. The first kappa shape index (κ1) is 18.7. The number of aryl methyl sites for hydroxylation is 3. The molecule has 0 fully saturated rings. The fourth-order valence-electron chi connectivity index (χ4n) is 2.45. The zero-order valence-electron chi connectivity index (χ0n) is 14.6. The number of hydrogen-bond acceptors (Lipinski definition) is 5. The van der Waals surface area contributed by atoms with E-state index in [0.717, 1.165) is 16.8 Å². The summed E-state index contributed by atoms with van der Waals surface area (Å²) < 4.78 is 0. The van der Waals surface area contributed by atoms with Crippen LogP contribution in [0.1, 0.15) is 39.7 Å². The lowest BCUT2D eigenvalue weighted by Gasteiger charge is -2.12. The molecule has 0 bridgehead atoms. The van der Waals surface area contributed by atoms with Gasteiger partial charge in [0.2, 0.25) is 5.91 Å². The lowest BCUT2D eigenvalue weighted by molar-refractivity contribution is -0.113. The van der Waals surface area contributed by atoms with Gasteiger partial charge in [-0.25, -0.2) is 4.98 Å². The number of anilines is 1. The van der Waals surface area contributed by atoms with Gasteiger partial charge < -0.3 is 5.32 Å². The molecule has 1 heterocycles. The number of benzene rings is 1. The molecule has 0 spiro atoms. The number of nitriles is 1. The number of nitrogens with one attached hydrogen (secondary N) is 1. The zero-order chi connectivity index (χ0) is 18.6. The predicted octanol–water partition coefficient (Wildman–Crippen LogP) is 3.81. The van der Waals surface area contributed by atoms with Crippen LogP contribution in [0.3, 0.4) is 0 Å². The van der Waals surface area contributed by atoms with Gasteiger partial charge in [-0.15, -0.1) is 0 Å². The summed E-state index contributed by atoms with van der Waals surface area (Å²) in [6, 6.07) is 9.40. The van der Waals surface area contributed by atoms with E-state index in [4.69, 9.17) is 0 Å². The molecule has 2 aromatic rings.